The van der Waals surface area contributed by atoms with Crippen LogP contribution >= 0.6 is 15.9 Å². The van der Waals surface area contributed by atoms with Gasteiger partial charge in [-0.2, -0.15) is 0 Å². The molecule has 2 rings (SSSR count). The number of aryl methyl sites for hydroxylation is 2. The first-order chi connectivity index (χ1) is 8.06. The minimum absolute atomic E-state index is 0.360. The van der Waals surface area contributed by atoms with E-state index in [-0.39, 0.29) is 5.82 Å². The number of rotatable bonds is 2. The van der Waals surface area contributed by atoms with Gasteiger partial charge in [-0.15, -0.1) is 0 Å². The standard InChI is InChI=1S/C12H10BrFN2O/c1-7-6-15-8(2)12(16-7)17-11-5-9(14)3-4-10(11)13/h3-6H,1-2H3. The van der Waals surface area contributed by atoms with Crippen LogP contribution < -0.4 is 4.74 Å². The SMILES string of the molecule is Cc1cnc(C)c(Oc2cc(F)ccc2Br)n1. The Kier molecular flexibility index (Phi) is 3.38. The molecule has 1 heterocycles. The summed E-state index contributed by atoms with van der Waals surface area (Å²) in [6, 6.07) is 4.24. The molecule has 0 saturated carbocycles. The number of benzene rings is 1. The van der Waals surface area contributed by atoms with Crippen LogP contribution in [-0.4, -0.2) is 9.97 Å². The summed E-state index contributed by atoms with van der Waals surface area (Å²) < 4.78 is 19.3. The van der Waals surface area contributed by atoms with E-state index in [4.69, 9.17) is 4.74 Å². The summed E-state index contributed by atoms with van der Waals surface area (Å²) in [5.41, 5.74) is 1.41. The van der Waals surface area contributed by atoms with Crippen LogP contribution in [0.4, 0.5) is 4.39 Å². The van der Waals surface area contributed by atoms with Crippen LogP contribution in [0.25, 0.3) is 0 Å². The van der Waals surface area contributed by atoms with E-state index in [2.05, 4.69) is 25.9 Å². The summed E-state index contributed by atoms with van der Waals surface area (Å²) in [5, 5.41) is 0. The predicted molar refractivity (Wildman–Crippen MR) is 65.7 cm³/mol. The first kappa shape index (κ1) is 12.0. The number of hydrogen-bond acceptors (Lipinski definition) is 3. The lowest BCUT2D eigenvalue weighted by atomic mass is 10.3. The maximum atomic E-state index is 13.1. The highest BCUT2D eigenvalue weighted by Crippen LogP contribution is 2.30. The highest BCUT2D eigenvalue weighted by Gasteiger charge is 2.08. The number of ether oxygens (including phenoxy) is 1. The highest BCUT2D eigenvalue weighted by molar-refractivity contribution is 9.10. The van der Waals surface area contributed by atoms with Gasteiger partial charge in [0.05, 0.1) is 15.9 Å². The van der Waals surface area contributed by atoms with Crippen molar-refractivity contribution < 1.29 is 9.13 Å². The molecule has 1 aromatic heterocycles. The zero-order valence-electron chi connectivity index (χ0n) is 9.37. The van der Waals surface area contributed by atoms with Gasteiger partial charge in [-0.3, -0.25) is 4.98 Å². The maximum Gasteiger partial charge on any atom is 0.241 e. The Morgan fingerprint density at radius 2 is 2.06 bits per heavy atom. The topological polar surface area (TPSA) is 35.0 Å². The maximum absolute atomic E-state index is 13.1. The lowest BCUT2D eigenvalue weighted by Gasteiger charge is -2.09. The van der Waals surface area contributed by atoms with Gasteiger partial charge in [0.2, 0.25) is 5.88 Å². The summed E-state index contributed by atoms with van der Waals surface area (Å²) in [4.78, 5) is 8.34. The largest absolute Gasteiger partial charge is 0.436 e. The smallest absolute Gasteiger partial charge is 0.241 e. The molecule has 0 atom stereocenters. The third-order valence-electron chi connectivity index (χ3n) is 2.13. The van der Waals surface area contributed by atoms with Crippen molar-refractivity contribution in [1.29, 1.82) is 0 Å². The number of halogens is 2. The summed E-state index contributed by atoms with van der Waals surface area (Å²) in [7, 11) is 0. The van der Waals surface area contributed by atoms with Crippen LogP contribution in [-0.2, 0) is 0 Å². The van der Waals surface area contributed by atoms with E-state index in [1.807, 2.05) is 6.92 Å². The fraction of sp³-hybridized carbons (Fsp3) is 0.167. The first-order valence-corrected chi connectivity index (χ1v) is 5.78. The van der Waals surface area contributed by atoms with Crippen molar-refractivity contribution in [2.45, 2.75) is 13.8 Å². The van der Waals surface area contributed by atoms with Crippen molar-refractivity contribution in [3.63, 3.8) is 0 Å². The number of aromatic nitrogens is 2. The monoisotopic (exact) mass is 296 g/mol. The summed E-state index contributed by atoms with van der Waals surface area (Å²) in [5.74, 6) is 0.408. The quantitative estimate of drug-likeness (QED) is 0.846. The number of nitrogens with zero attached hydrogens (tertiary/aromatic N) is 2. The Morgan fingerprint density at radius 3 is 2.82 bits per heavy atom. The Morgan fingerprint density at radius 1 is 1.29 bits per heavy atom. The first-order valence-electron chi connectivity index (χ1n) is 4.99. The molecule has 0 N–H and O–H groups in total. The van der Waals surface area contributed by atoms with Crippen LogP contribution in [0.2, 0.25) is 0 Å². The Hall–Kier alpha value is -1.49. The van der Waals surface area contributed by atoms with E-state index < -0.39 is 0 Å². The van der Waals surface area contributed by atoms with Gasteiger partial charge in [0.25, 0.3) is 0 Å². The molecule has 0 radical (unpaired) electrons. The van der Waals surface area contributed by atoms with Crippen molar-refractivity contribution in [2.24, 2.45) is 0 Å². The molecule has 3 nitrogen and oxygen atoms in total. The van der Waals surface area contributed by atoms with Crippen molar-refractivity contribution in [3.05, 3.63) is 46.1 Å². The fourth-order valence-electron chi connectivity index (χ4n) is 1.27. The molecular weight excluding hydrogens is 287 g/mol. The fourth-order valence-corrected chi connectivity index (χ4v) is 1.60. The van der Waals surface area contributed by atoms with Crippen LogP contribution in [0.15, 0.2) is 28.9 Å². The average molecular weight is 297 g/mol. The Labute approximate surface area is 107 Å². The van der Waals surface area contributed by atoms with Gasteiger partial charge < -0.3 is 4.74 Å². The normalized spacial score (nSPS) is 10.4. The second-order valence-corrected chi connectivity index (χ2v) is 4.43. The molecule has 0 amide bonds. The number of hydrogen-bond donors (Lipinski definition) is 0. The molecular formula is C12H10BrFN2O. The van der Waals surface area contributed by atoms with Gasteiger partial charge in [-0.1, -0.05) is 0 Å². The minimum Gasteiger partial charge on any atom is -0.436 e. The lowest BCUT2D eigenvalue weighted by Crippen LogP contribution is -1.96. The Bertz CT molecular complexity index is 511. The van der Waals surface area contributed by atoms with Crippen molar-refractivity contribution in [2.75, 3.05) is 0 Å². The van der Waals surface area contributed by atoms with Crippen LogP contribution in [0.5, 0.6) is 11.6 Å². The molecule has 0 saturated heterocycles. The van der Waals surface area contributed by atoms with Crippen molar-refractivity contribution in [1.82, 2.24) is 9.97 Å². The zero-order valence-corrected chi connectivity index (χ0v) is 11.0. The van der Waals surface area contributed by atoms with E-state index in [0.717, 1.165) is 5.69 Å². The summed E-state index contributed by atoms with van der Waals surface area (Å²) >= 11 is 3.29. The van der Waals surface area contributed by atoms with Crippen molar-refractivity contribution >= 4 is 15.9 Å². The Balaban J connectivity index is 2.37. The predicted octanol–water partition coefficient (Wildman–Crippen LogP) is 3.79. The van der Waals surface area contributed by atoms with Gasteiger partial charge in [-0.25, -0.2) is 9.37 Å². The van der Waals surface area contributed by atoms with Crippen LogP contribution in [0, 0.1) is 19.7 Å². The molecule has 0 aliphatic heterocycles. The molecule has 5 heteroatoms. The molecule has 2 aromatic rings. The summed E-state index contributed by atoms with van der Waals surface area (Å²) in [6.45, 7) is 3.61. The van der Waals surface area contributed by atoms with Crippen molar-refractivity contribution in [3.8, 4) is 11.6 Å². The minimum atomic E-state index is -0.360. The molecule has 0 aliphatic carbocycles. The second kappa shape index (κ2) is 4.79. The zero-order chi connectivity index (χ0) is 12.4. The van der Waals surface area contributed by atoms with Gasteiger partial charge in [-0.05, 0) is 41.9 Å². The van der Waals surface area contributed by atoms with Crippen LogP contribution in [0.3, 0.4) is 0 Å². The highest BCUT2D eigenvalue weighted by atomic mass is 79.9. The molecule has 17 heavy (non-hydrogen) atoms. The molecule has 0 aliphatic rings. The third kappa shape index (κ3) is 2.79. The third-order valence-corrected chi connectivity index (χ3v) is 2.79. The van der Waals surface area contributed by atoms with E-state index in [0.29, 0.717) is 21.8 Å². The molecule has 0 spiro atoms. The van der Waals surface area contributed by atoms with Crippen LogP contribution in [0.1, 0.15) is 11.4 Å². The second-order valence-electron chi connectivity index (χ2n) is 3.58. The van der Waals surface area contributed by atoms with Gasteiger partial charge in [0.1, 0.15) is 11.6 Å². The average Bonchev–Trinajstić information content (AvgIpc) is 2.28. The molecule has 0 bridgehead atoms. The van der Waals surface area contributed by atoms with E-state index in [9.17, 15) is 4.39 Å². The van der Waals surface area contributed by atoms with E-state index in [1.165, 1.54) is 12.1 Å². The van der Waals surface area contributed by atoms with Gasteiger partial charge >= 0.3 is 0 Å². The van der Waals surface area contributed by atoms with E-state index in [1.54, 1.807) is 19.2 Å². The van der Waals surface area contributed by atoms with Gasteiger partial charge in [0.15, 0.2) is 0 Å². The lowest BCUT2D eigenvalue weighted by molar-refractivity contribution is 0.446. The molecule has 0 unspecified atom stereocenters. The van der Waals surface area contributed by atoms with E-state index >= 15 is 0 Å². The molecule has 1 aromatic carbocycles. The molecule has 0 fully saturated rings. The summed E-state index contributed by atoms with van der Waals surface area (Å²) in [6.07, 6.45) is 1.66. The molecule has 88 valence electrons. The van der Waals surface area contributed by atoms with Gasteiger partial charge in [0, 0.05) is 12.3 Å².